The van der Waals surface area contributed by atoms with Gasteiger partial charge in [-0.15, -0.1) is 0 Å². The summed E-state index contributed by atoms with van der Waals surface area (Å²) >= 11 is 0. The first-order chi connectivity index (χ1) is 17.8. The number of nitrogens with zero attached hydrogens (tertiary/aromatic N) is 4. The molecule has 208 valence electrons. The van der Waals surface area contributed by atoms with E-state index in [1.54, 1.807) is 26.4 Å². The molecule has 0 radical (unpaired) electrons. The van der Waals surface area contributed by atoms with Crippen molar-refractivity contribution in [1.82, 2.24) is 19.9 Å². The third kappa shape index (κ3) is 7.89. The Kier molecular flexibility index (Phi) is 9.35. The van der Waals surface area contributed by atoms with E-state index in [0.717, 1.165) is 23.9 Å². The number of halogens is 6. The van der Waals surface area contributed by atoms with Crippen molar-refractivity contribution in [2.75, 3.05) is 14.1 Å². The van der Waals surface area contributed by atoms with Crippen LogP contribution in [0.2, 0.25) is 0 Å². The molecule has 1 saturated carbocycles. The fourth-order valence-electron chi connectivity index (χ4n) is 4.43. The predicted octanol–water partition coefficient (Wildman–Crippen LogP) is 7.10. The van der Waals surface area contributed by atoms with E-state index in [0.29, 0.717) is 30.4 Å². The van der Waals surface area contributed by atoms with Crippen LogP contribution in [-0.4, -0.2) is 46.1 Å². The number of aryl methyl sites for hydroxylation is 2. The molecule has 0 aliphatic heterocycles. The largest absolute Gasteiger partial charge is 0.472 e. The molecule has 2 heterocycles. The zero-order valence-corrected chi connectivity index (χ0v) is 21.5. The van der Waals surface area contributed by atoms with Gasteiger partial charge in [0, 0.05) is 25.6 Å². The number of alkyl halides is 6. The molecule has 3 atom stereocenters. The zero-order chi connectivity index (χ0) is 28.1. The van der Waals surface area contributed by atoms with Crippen molar-refractivity contribution in [2.45, 2.75) is 63.5 Å². The van der Waals surface area contributed by atoms with Crippen molar-refractivity contribution in [2.24, 2.45) is 0 Å². The molecule has 38 heavy (non-hydrogen) atoms. The van der Waals surface area contributed by atoms with Crippen molar-refractivity contribution in [3.8, 4) is 5.88 Å². The van der Waals surface area contributed by atoms with E-state index in [2.05, 4.69) is 15.0 Å². The van der Waals surface area contributed by atoms with Crippen LogP contribution in [0.15, 0.2) is 55.1 Å². The number of benzene rings is 1. The molecule has 0 bridgehead atoms. The molecule has 1 aliphatic carbocycles. The van der Waals surface area contributed by atoms with Gasteiger partial charge in [-0.2, -0.15) is 26.3 Å². The molecule has 1 aliphatic rings. The van der Waals surface area contributed by atoms with E-state index < -0.39 is 35.5 Å². The van der Waals surface area contributed by atoms with Gasteiger partial charge < -0.3 is 9.64 Å². The summed E-state index contributed by atoms with van der Waals surface area (Å²) in [7, 11) is 3.56. The minimum absolute atomic E-state index is 0. The van der Waals surface area contributed by atoms with Crippen molar-refractivity contribution in [1.29, 1.82) is 0 Å². The lowest BCUT2D eigenvalue weighted by atomic mass is 9.79. The highest BCUT2D eigenvalue weighted by molar-refractivity contribution is 5.33. The summed E-state index contributed by atoms with van der Waals surface area (Å²) in [6.07, 6.45) is -3.64. The highest BCUT2D eigenvalue weighted by Crippen LogP contribution is 2.41. The van der Waals surface area contributed by atoms with Crippen LogP contribution in [-0.2, 0) is 12.4 Å². The zero-order valence-electron chi connectivity index (χ0n) is 21.5. The van der Waals surface area contributed by atoms with Gasteiger partial charge >= 0.3 is 12.4 Å². The molecule has 0 saturated heterocycles. The second-order valence-corrected chi connectivity index (χ2v) is 9.53. The average Bonchev–Trinajstić information content (AvgIpc) is 2.85. The van der Waals surface area contributed by atoms with Crippen LogP contribution in [0.3, 0.4) is 0 Å². The van der Waals surface area contributed by atoms with E-state index in [1.165, 1.54) is 25.5 Å². The highest BCUT2D eigenvalue weighted by Gasteiger charge is 2.39. The average molecular weight is 543 g/mol. The minimum Gasteiger partial charge on any atom is -0.472 e. The SMILES string of the molecule is Cc1ccncn1.Cc1cnc(O[C@H]2CC[C@H](c3cccc(C(F)(F)F)c3)C[C@@H]2N(C)C)c(C(F)(F)F)c1.[HH]. The maximum Gasteiger partial charge on any atom is 0.421 e. The minimum atomic E-state index is -4.60. The van der Waals surface area contributed by atoms with Gasteiger partial charge in [-0.25, -0.2) is 15.0 Å². The Morgan fingerprint density at radius 1 is 0.947 bits per heavy atom. The normalized spacial score (nSPS) is 20.0. The van der Waals surface area contributed by atoms with Crippen LogP contribution in [0.25, 0.3) is 0 Å². The number of likely N-dealkylation sites (N-methyl/N-ethyl adjacent to an activating group) is 1. The molecule has 5 nitrogen and oxygen atoms in total. The first-order valence-electron chi connectivity index (χ1n) is 12.0. The lowest BCUT2D eigenvalue weighted by Gasteiger charge is -2.40. The van der Waals surface area contributed by atoms with Crippen molar-refractivity contribution in [3.05, 3.63) is 83.1 Å². The molecular weight excluding hydrogens is 510 g/mol. The highest BCUT2D eigenvalue weighted by atomic mass is 19.4. The fourth-order valence-corrected chi connectivity index (χ4v) is 4.43. The first-order valence-corrected chi connectivity index (χ1v) is 12.0. The summed E-state index contributed by atoms with van der Waals surface area (Å²) < 4.78 is 85.3. The molecule has 0 amide bonds. The van der Waals surface area contributed by atoms with Gasteiger partial charge in [-0.05, 0) is 82.4 Å². The molecule has 2 aromatic heterocycles. The molecule has 0 unspecified atom stereocenters. The van der Waals surface area contributed by atoms with Gasteiger partial charge in [0.15, 0.2) is 0 Å². The van der Waals surface area contributed by atoms with E-state index in [4.69, 9.17) is 4.74 Å². The Morgan fingerprint density at radius 3 is 2.24 bits per heavy atom. The smallest absolute Gasteiger partial charge is 0.421 e. The van der Waals surface area contributed by atoms with E-state index in [-0.39, 0.29) is 13.4 Å². The van der Waals surface area contributed by atoms with Crippen LogP contribution in [0.5, 0.6) is 5.88 Å². The van der Waals surface area contributed by atoms with E-state index in [1.807, 2.05) is 17.9 Å². The van der Waals surface area contributed by atoms with Crippen LogP contribution in [0, 0.1) is 13.8 Å². The molecular formula is C27H32F6N4O. The lowest BCUT2D eigenvalue weighted by Crippen LogP contribution is -2.46. The number of aromatic nitrogens is 3. The quantitative estimate of drug-likeness (QED) is 0.329. The second kappa shape index (κ2) is 12.1. The Balaban J connectivity index is 0.000000579. The summed E-state index contributed by atoms with van der Waals surface area (Å²) in [4.78, 5) is 13.3. The molecule has 11 heteroatoms. The van der Waals surface area contributed by atoms with Crippen LogP contribution in [0.1, 0.15) is 54.6 Å². The van der Waals surface area contributed by atoms with E-state index >= 15 is 0 Å². The molecule has 0 N–H and O–H groups in total. The molecule has 3 aromatic rings. The van der Waals surface area contributed by atoms with E-state index in [9.17, 15) is 26.3 Å². The van der Waals surface area contributed by atoms with Gasteiger partial charge in [-0.3, -0.25) is 0 Å². The Bertz CT molecular complexity index is 1190. The number of ether oxygens (including phenoxy) is 1. The third-order valence-electron chi connectivity index (χ3n) is 6.39. The van der Waals surface area contributed by atoms with Crippen LogP contribution < -0.4 is 4.74 Å². The summed E-state index contributed by atoms with van der Waals surface area (Å²) in [5, 5.41) is 0. The lowest BCUT2D eigenvalue weighted by molar-refractivity contribution is -0.140. The van der Waals surface area contributed by atoms with Crippen LogP contribution in [0.4, 0.5) is 26.3 Å². The predicted molar refractivity (Wildman–Crippen MR) is 133 cm³/mol. The van der Waals surface area contributed by atoms with Gasteiger partial charge in [-0.1, -0.05) is 18.2 Å². The standard InChI is InChI=1S/C22H24F6N2O.C5H6N2.H2/c1-13-9-17(22(26,27)28)20(29-12-13)31-19-8-7-15(11-18(19)30(2)3)14-5-4-6-16(10-14)21(23,24)25;1-5-2-3-6-4-7-5;/h4-6,9-10,12,15,18-19H,7-8,11H2,1-3H3;2-4H,1H3;1H/t15-,18-,19-;;/m0../s1. The Hall–Kier alpha value is -3.21. The third-order valence-corrected chi connectivity index (χ3v) is 6.39. The fraction of sp³-hybridized carbons (Fsp3) is 0.444. The topological polar surface area (TPSA) is 51.1 Å². The summed E-state index contributed by atoms with van der Waals surface area (Å²) in [6.45, 7) is 3.45. The Morgan fingerprint density at radius 2 is 1.68 bits per heavy atom. The van der Waals surface area contributed by atoms with Crippen molar-refractivity contribution >= 4 is 0 Å². The second-order valence-electron chi connectivity index (χ2n) is 9.53. The first kappa shape index (κ1) is 29.3. The Labute approximate surface area is 219 Å². The van der Waals surface area contributed by atoms with Gasteiger partial charge in [0.2, 0.25) is 5.88 Å². The van der Waals surface area contributed by atoms with Crippen molar-refractivity contribution < 1.29 is 32.5 Å². The van der Waals surface area contributed by atoms with Gasteiger partial charge in [0.05, 0.1) is 5.56 Å². The molecule has 4 rings (SSSR count). The van der Waals surface area contributed by atoms with Crippen LogP contribution >= 0.6 is 0 Å². The number of hydrogen-bond acceptors (Lipinski definition) is 5. The molecule has 0 spiro atoms. The van der Waals surface area contributed by atoms with Crippen molar-refractivity contribution in [3.63, 3.8) is 0 Å². The van der Waals surface area contributed by atoms with Gasteiger partial charge in [0.1, 0.15) is 18.0 Å². The molecule has 1 fully saturated rings. The maximum atomic E-state index is 13.4. The monoisotopic (exact) mass is 542 g/mol. The number of hydrogen-bond donors (Lipinski definition) is 0. The number of rotatable bonds is 4. The summed E-state index contributed by atoms with van der Waals surface area (Å²) in [5.41, 5.74) is 0.324. The molecule has 1 aromatic carbocycles. The van der Waals surface area contributed by atoms with Gasteiger partial charge in [0.25, 0.3) is 0 Å². The number of pyridine rings is 1. The summed E-state index contributed by atoms with van der Waals surface area (Å²) in [6, 6.07) is 7.82. The maximum absolute atomic E-state index is 13.4. The summed E-state index contributed by atoms with van der Waals surface area (Å²) in [5.74, 6) is -0.616.